The lowest BCUT2D eigenvalue weighted by molar-refractivity contribution is -0.237. The molecule has 0 aromatic heterocycles. The fourth-order valence-corrected chi connectivity index (χ4v) is 3.11. The van der Waals surface area contributed by atoms with Crippen LogP contribution in [-0.2, 0) is 42.9 Å². The Balaban J connectivity index is 3.18. The molecule has 0 aromatic carbocycles. The molecule has 0 amide bonds. The smallest absolute Gasteiger partial charge is 0.303 e. The maximum absolute atomic E-state index is 11.5. The van der Waals surface area contributed by atoms with Gasteiger partial charge >= 0.3 is 23.9 Å². The van der Waals surface area contributed by atoms with Crippen LogP contribution in [0.1, 0.15) is 27.7 Å². The highest BCUT2D eigenvalue weighted by molar-refractivity contribution is 7.99. The molecular weight excluding hydrogens is 356 g/mol. The van der Waals surface area contributed by atoms with Crippen molar-refractivity contribution >= 4 is 35.6 Å². The summed E-state index contributed by atoms with van der Waals surface area (Å²) >= 11 is 1.21. The minimum Gasteiger partial charge on any atom is -0.463 e. The van der Waals surface area contributed by atoms with Crippen LogP contribution in [-0.4, -0.2) is 66.6 Å². The van der Waals surface area contributed by atoms with Crippen LogP contribution in [0.25, 0.3) is 0 Å². The van der Waals surface area contributed by atoms with Crippen molar-refractivity contribution in [2.24, 2.45) is 0 Å². The zero-order chi connectivity index (χ0) is 19.1. The molecule has 9 nitrogen and oxygen atoms in total. The minimum atomic E-state index is -1.10. The Morgan fingerprint density at radius 2 is 1.28 bits per heavy atom. The van der Waals surface area contributed by atoms with Crippen molar-refractivity contribution in [2.75, 3.05) is 12.9 Å². The molecule has 5 atom stereocenters. The Morgan fingerprint density at radius 3 is 1.72 bits per heavy atom. The summed E-state index contributed by atoms with van der Waals surface area (Å²) in [5.41, 5.74) is -0.708. The molecule has 1 heterocycles. The Bertz CT molecular complexity index is 521. The molecule has 1 rings (SSSR count). The SMILES string of the molecule is CSC1O[C@H](COC(C)=O)[C@@H](OC(C)=O)[C@H](OC(C)=O)[C@H]1OC(C)=O. The van der Waals surface area contributed by atoms with E-state index in [0.717, 1.165) is 0 Å². The predicted octanol–water partition coefficient (Wildman–Crippen LogP) is 0.432. The Hall–Kier alpha value is -1.81. The van der Waals surface area contributed by atoms with Crippen LogP contribution in [0.3, 0.4) is 0 Å². The lowest BCUT2D eigenvalue weighted by Gasteiger charge is -2.43. The third kappa shape index (κ3) is 6.54. The van der Waals surface area contributed by atoms with E-state index < -0.39 is 53.7 Å². The highest BCUT2D eigenvalue weighted by Crippen LogP contribution is 2.33. The number of hydrogen-bond donors (Lipinski definition) is 0. The number of hydrogen-bond acceptors (Lipinski definition) is 10. The van der Waals surface area contributed by atoms with Crippen LogP contribution in [0.4, 0.5) is 0 Å². The first-order valence-electron chi connectivity index (χ1n) is 7.49. The average Bonchev–Trinajstić information content (AvgIpc) is 2.48. The van der Waals surface area contributed by atoms with Crippen LogP contribution < -0.4 is 0 Å². The zero-order valence-corrected chi connectivity index (χ0v) is 15.5. The lowest BCUT2D eigenvalue weighted by atomic mass is 9.99. The van der Waals surface area contributed by atoms with E-state index in [1.54, 1.807) is 6.26 Å². The summed E-state index contributed by atoms with van der Waals surface area (Å²) in [7, 11) is 0. The summed E-state index contributed by atoms with van der Waals surface area (Å²) in [6, 6.07) is 0. The summed E-state index contributed by atoms with van der Waals surface area (Å²) in [5.74, 6) is -2.45. The lowest BCUT2D eigenvalue weighted by Crippen LogP contribution is -2.61. The van der Waals surface area contributed by atoms with E-state index in [1.807, 2.05) is 0 Å². The summed E-state index contributed by atoms with van der Waals surface area (Å²) in [5, 5.41) is 0. The molecule has 0 radical (unpaired) electrons. The van der Waals surface area contributed by atoms with Crippen molar-refractivity contribution in [3.05, 3.63) is 0 Å². The molecule has 0 spiro atoms. The quantitative estimate of drug-likeness (QED) is 0.476. The first-order chi connectivity index (χ1) is 11.6. The third-order valence-corrected chi connectivity index (χ3v) is 4.02. The summed E-state index contributed by atoms with van der Waals surface area (Å²) in [4.78, 5) is 45.5. The van der Waals surface area contributed by atoms with Crippen LogP contribution >= 0.6 is 11.8 Å². The molecule has 25 heavy (non-hydrogen) atoms. The Labute approximate surface area is 149 Å². The van der Waals surface area contributed by atoms with Gasteiger partial charge in [0.2, 0.25) is 0 Å². The number of thioether (sulfide) groups is 1. The number of carbonyl (C=O) groups excluding carboxylic acids is 4. The minimum absolute atomic E-state index is 0.213. The molecule has 1 aliphatic rings. The van der Waals surface area contributed by atoms with Crippen molar-refractivity contribution < 1.29 is 42.9 Å². The first kappa shape index (κ1) is 21.2. The van der Waals surface area contributed by atoms with Gasteiger partial charge in [0, 0.05) is 27.7 Å². The number of carbonyl (C=O) groups is 4. The average molecular weight is 378 g/mol. The van der Waals surface area contributed by atoms with Crippen LogP contribution in [0.2, 0.25) is 0 Å². The Morgan fingerprint density at radius 1 is 0.800 bits per heavy atom. The highest BCUT2D eigenvalue weighted by Gasteiger charge is 2.51. The molecule has 0 bridgehead atoms. The topological polar surface area (TPSA) is 114 Å². The van der Waals surface area contributed by atoms with E-state index >= 15 is 0 Å². The zero-order valence-electron chi connectivity index (χ0n) is 14.7. The molecule has 1 saturated heterocycles. The molecule has 0 saturated carbocycles. The molecule has 1 aliphatic heterocycles. The summed E-state index contributed by atoms with van der Waals surface area (Å²) in [6.07, 6.45) is -2.37. The van der Waals surface area contributed by atoms with Gasteiger partial charge in [-0.3, -0.25) is 19.2 Å². The first-order valence-corrected chi connectivity index (χ1v) is 8.77. The second kappa shape index (κ2) is 9.62. The van der Waals surface area contributed by atoms with Crippen molar-refractivity contribution in [1.29, 1.82) is 0 Å². The standard InChI is InChI=1S/C15H22O9S/c1-7(16)20-6-11-12(21-8(2)17)13(22-9(3)18)14(23-10(4)19)15(24-11)25-5/h11-15H,6H2,1-5H3/t11-,12-,13+,14-,15?/m1/s1. The summed E-state index contributed by atoms with van der Waals surface area (Å²) in [6.45, 7) is 4.57. The van der Waals surface area contributed by atoms with Gasteiger partial charge in [-0.2, -0.15) is 0 Å². The highest BCUT2D eigenvalue weighted by atomic mass is 32.2. The number of esters is 4. The number of ether oxygens (including phenoxy) is 5. The summed E-state index contributed by atoms with van der Waals surface area (Å²) < 4.78 is 26.4. The van der Waals surface area contributed by atoms with E-state index in [0.29, 0.717) is 0 Å². The second-order valence-electron chi connectivity index (χ2n) is 5.30. The molecule has 0 N–H and O–H groups in total. The maximum atomic E-state index is 11.5. The van der Waals surface area contributed by atoms with Crippen molar-refractivity contribution in [3.63, 3.8) is 0 Å². The largest absolute Gasteiger partial charge is 0.463 e. The van der Waals surface area contributed by atoms with E-state index in [-0.39, 0.29) is 6.61 Å². The molecule has 1 unspecified atom stereocenters. The molecule has 0 aromatic rings. The van der Waals surface area contributed by atoms with E-state index in [2.05, 4.69) is 0 Å². The molecule has 142 valence electrons. The van der Waals surface area contributed by atoms with Crippen LogP contribution in [0, 0.1) is 0 Å². The molecule has 1 fully saturated rings. The molecular formula is C15H22O9S. The van der Waals surface area contributed by atoms with Gasteiger partial charge in [-0.1, -0.05) is 0 Å². The van der Waals surface area contributed by atoms with E-state index in [4.69, 9.17) is 23.7 Å². The van der Waals surface area contributed by atoms with E-state index in [9.17, 15) is 19.2 Å². The van der Waals surface area contributed by atoms with Gasteiger partial charge in [0.05, 0.1) is 0 Å². The normalized spacial score (nSPS) is 28.6. The molecule has 10 heteroatoms. The second-order valence-corrected chi connectivity index (χ2v) is 6.24. The fraction of sp³-hybridized carbons (Fsp3) is 0.733. The van der Waals surface area contributed by atoms with Crippen LogP contribution in [0.5, 0.6) is 0 Å². The Kier molecular flexibility index (Phi) is 8.17. The van der Waals surface area contributed by atoms with Gasteiger partial charge in [-0.05, 0) is 6.26 Å². The van der Waals surface area contributed by atoms with Crippen LogP contribution in [0.15, 0.2) is 0 Å². The van der Waals surface area contributed by atoms with Gasteiger partial charge < -0.3 is 23.7 Å². The maximum Gasteiger partial charge on any atom is 0.303 e. The predicted molar refractivity (Wildman–Crippen MR) is 85.5 cm³/mol. The van der Waals surface area contributed by atoms with Gasteiger partial charge in [0.15, 0.2) is 18.3 Å². The van der Waals surface area contributed by atoms with E-state index in [1.165, 1.54) is 39.5 Å². The van der Waals surface area contributed by atoms with Gasteiger partial charge in [0.25, 0.3) is 0 Å². The van der Waals surface area contributed by atoms with Crippen molar-refractivity contribution in [3.8, 4) is 0 Å². The fourth-order valence-electron chi connectivity index (χ4n) is 2.38. The number of rotatable bonds is 6. The van der Waals surface area contributed by atoms with Gasteiger partial charge in [-0.15, -0.1) is 11.8 Å². The monoisotopic (exact) mass is 378 g/mol. The van der Waals surface area contributed by atoms with Gasteiger partial charge in [-0.25, -0.2) is 0 Å². The van der Waals surface area contributed by atoms with Gasteiger partial charge in [0.1, 0.15) is 18.1 Å². The van der Waals surface area contributed by atoms with Crippen molar-refractivity contribution in [1.82, 2.24) is 0 Å². The molecule has 0 aliphatic carbocycles. The third-order valence-electron chi connectivity index (χ3n) is 3.18. The van der Waals surface area contributed by atoms with Crippen molar-refractivity contribution in [2.45, 2.75) is 57.5 Å².